The molecule has 0 bridgehead atoms. The van der Waals surface area contributed by atoms with Crippen molar-refractivity contribution in [3.05, 3.63) is 29.3 Å². The molecule has 1 aromatic rings. The third-order valence-corrected chi connectivity index (χ3v) is 4.30. The Morgan fingerprint density at radius 3 is 2.50 bits per heavy atom. The number of aryl methyl sites for hydroxylation is 1. The molecule has 0 N–H and O–H groups in total. The minimum Gasteiger partial charge on any atom is -0.462 e. The first kappa shape index (κ1) is 17.0. The second-order valence-electron chi connectivity index (χ2n) is 4.45. The summed E-state index contributed by atoms with van der Waals surface area (Å²) in [5, 5.41) is 0. The van der Waals surface area contributed by atoms with Crippen LogP contribution in [0.25, 0.3) is 0 Å². The van der Waals surface area contributed by atoms with Crippen molar-refractivity contribution in [3.63, 3.8) is 0 Å². The van der Waals surface area contributed by atoms with Gasteiger partial charge in [0, 0.05) is 10.7 Å². The summed E-state index contributed by atoms with van der Waals surface area (Å²) in [7, 11) is 1.45. The maximum absolute atomic E-state index is 12.0. The minimum absolute atomic E-state index is 0.0862. The second kappa shape index (κ2) is 7.64. The van der Waals surface area contributed by atoms with Crippen molar-refractivity contribution in [2.75, 3.05) is 6.61 Å². The number of esters is 1. The monoisotopic (exact) mass is 318 g/mol. The lowest BCUT2D eigenvalue weighted by Crippen LogP contribution is -2.10. The van der Waals surface area contributed by atoms with Crippen molar-refractivity contribution < 1.29 is 17.9 Å². The predicted octanol–water partition coefficient (Wildman–Crippen LogP) is 3.52. The topological polar surface area (TPSA) is 60.4 Å². The molecule has 0 saturated carbocycles. The quantitative estimate of drug-likeness (QED) is 0.438. The Bertz CT molecular complexity index is 567. The van der Waals surface area contributed by atoms with Crippen molar-refractivity contribution in [2.45, 2.75) is 44.4 Å². The van der Waals surface area contributed by atoms with Crippen LogP contribution in [0.5, 0.6) is 0 Å². The highest BCUT2D eigenvalue weighted by molar-refractivity contribution is 8.13. The Labute approximate surface area is 124 Å². The zero-order chi connectivity index (χ0) is 15.2. The van der Waals surface area contributed by atoms with E-state index in [0.29, 0.717) is 13.0 Å². The first-order chi connectivity index (χ1) is 9.40. The first-order valence-electron chi connectivity index (χ1n) is 6.64. The predicted molar refractivity (Wildman–Crippen MR) is 78.7 cm³/mol. The van der Waals surface area contributed by atoms with Crippen LogP contribution < -0.4 is 0 Å². The maximum Gasteiger partial charge on any atom is 0.338 e. The lowest BCUT2D eigenvalue weighted by molar-refractivity contribution is 0.0496. The van der Waals surface area contributed by atoms with E-state index in [4.69, 9.17) is 15.4 Å². The van der Waals surface area contributed by atoms with Crippen LogP contribution in [0.4, 0.5) is 0 Å². The van der Waals surface area contributed by atoms with Crippen LogP contribution >= 0.6 is 10.7 Å². The van der Waals surface area contributed by atoms with E-state index in [0.717, 1.165) is 24.8 Å². The Morgan fingerprint density at radius 1 is 1.25 bits per heavy atom. The third-order valence-electron chi connectivity index (χ3n) is 2.94. The summed E-state index contributed by atoms with van der Waals surface area (Å²) in [6.45, 7) is 4.29. The van der Waals surface area contributed by atoms with Crippen molar-refractivity contribution in [3.8, 4) is 0 Å². The fraction of sp³-hybridized carbons (Fsp3) is 0.500. The number of ether oxygens (including phenoxy) is 1. The van der Waals surface area contributed by atoms with Gasteiger partial charge >= 0.3 is 5.97 Å². The molecule has 0 amide bonds. The summed E-state index contributed by atoms with van der Waals surface area (Å²) < 4.78 is 27.8. The van der Waals surface area contributed by atoms with Crippen LogP contribution in [0, 0.1) is 0 Å². The highest BCUT2D eigenvalue weighted by atomic mass is 35.7. The molecule has 20 heavy (non-hydrogen) atoms. The van der Waals surface area contributed by atoms with Gasteiger partial charge in [-0.1, -0.05) is 32.8 Å². The Kier molecular flexibility index (Phi) is 6.49. The van der Waals surface area contributed by atoms with Gasteiger partial charge in [0.05, 0.1) is 17.1 Å². The van der Waals surface area contributed by atoms with Gasteiger partial charge in [0.15, 0.2) is 0 Å². The first-order valence-corrected chi connectivity index (χ1v) is 8.95. The zero-order valence-electron chi connectivity index (χ0n) is 11.7. The highest BCUT2D eigenvalue weighted by Crippen LogP contribution is 2.20. The summed E-state index contributed by atoms with van der Waals surface area (Å²) in [6, 6.07) is 4.27. The van der Waals surface area contributed by atoms with E-state index in [2.05, 4.69) is 6.92 Å². The molecule has 0 saturated heterocycles. The van der Waals surface area contributed by atoms with Crippen molar-refractivity contribution in [1.82, 2.24) is 0 Å². The molecule has 112 valence electrons. The normalized spacial score (nSPS) is 11.3. The van der Waals surface area contributed by atoms with Gasteiger partial charge < -0.3 is 4.74 Å². The van der Waals surface area contributed by atoms with Crippen molar-refractivity contribution in [2.24, 2.45) is 0 Å². The molecule has 1 rings (SSSR count). The summed E-state index contributed by atoms with van der Waals surface area (Å²) in [6.07, 6.45) is 3.45. The number of hydrogen-bond acceptors (Lipinski definition) is 4. The van der Waals surface area contributed by atoms with Gasteiger partial charge in [0.2, 0.25) is 0 Å². The molecule has 6 heteroatoms. The van der Waals surface area contributed by atoms with Crippen LogP contribution in [-0.2, 0) is 20.2 Å². The number of rotatable bonds is 7. The van der Waals surface area contributed by atoms with E-state index >= 15 is 0 Å². The standard InChI is InChI=1S/C14H19ClO4S/c1-3-5-6-9-19-14(16)13-10-12(20(15,17)18)8-7-11(13)4-2/h7-8,10H,3-6,9H2,1-2H3. The lowest BCUT2D eigenvalue weighted by Gasteiger charge is -2.09. The molecule has 0 atom stereocenters. The third kappa shape index (κ3) is 4.80. The van der Waals surface area contributed by atoms with Gasteiger partial charge in [-0.15, -0.1) is 0 Å². The fourth-order valence-electron chi connectivity index (χ4n) is 1.80. The SMILES string of the molecule is CCCCCOC(=O)c1cc(S(=O)(=O)Cl)ccc1CC. The summed E-state index contributed by atoms with van der Waals surface area (Å²) in [5.74, 6) is -0.500. The van der Waals surface area contributed by atoms with Crippen molar-refractivity contribution in [1.29, 1.82) is 0 Å². The fourth-order valence-corrected chi connectivity index (χ4v) is 2.58. The van der Waals surface area contributed by atoms with E-state index in [9.17, 15) is 13.2 Å². The zero-order valence-corrected chi connectivity index (χ0v) is 13.3. The molecule has 0 heterocycles. The number of benzene rings is 1. The number of carbonyl (C=O) groups is 1. The number of halogens is 1. The van der Waals surface area contributed by atoms with E-state index in [-0.39, 0.29) is 10.5 Å². The van der Waals surface area contributed by atoms with Gasteiger partial charge in [0.1, 0.15) is 0 Å². The van der Waals surface area contributed by atoms with Crippen LogP contribution in [0.2, 0.25) is 0 Å². The molecule has 0 spiro atoms. The molecule has 4 nitrogen and oxygen atoms in total. The summed E-state index contributed by atoms with van der Waals surface area (Å²) in [4.78, 5) is 11.9. The highest BCUT2D eigenvalue weighted by Gasteiger charge is 2.17. The van der Waals surface area contributed by atoms with Crippen molar-refractivity contribution >= 4 is 25.7 Å². The molecule has 0 aliphatic heterocycles. The minimum atomic E-state index is -3.85. The molecule has 1 aromatic carbocycles. The van der Waals surface area contributed by atoms with E-state index < -0.39 is 15.0 Å². The largest absolute Gasteiger partial charge is 0.462 e. The van der Waals surface area contributed by atoms with E-state index in [1.54, 1.807) is 6.07 Å². The van der Waals surface area contributed by atoms with Crippen LogP contribution in [0.3, 0.4) is 0 Å². The molecular formula is C14H19ClO4S. The summed E-state index contributed by atoms with van der Waals surface area (Å²) >= 11 is 0. The lowest BCUT2D eigenvalue weighted by atomic mass is 10.1. The number of hydrogen-bond donors (Lipinski definition) is 0. The molecule has 0 unspecified atom stereocenters. The van der Waals surface area contributed by atoms with E-state index in [1.165, 1.54) is 12.1 Å². The maximum atomic E-state index is 12.0. The number of unbranched alkanes of at least 4 members (excludes halogenated alkanes) is 2. The van der Waals surface area contributed by atoms with Crippen LogP contribution in [-0.4, -0.2) is 21.0 Å². The van der Waals surface area contributed by atoms with Crippen LogP contribution in [0.15, 0.2) is 23.1 Å². The van der Waals surface area contributed by atoms with Gasteiger partial charge in [-0.3, -0.25) is 0 Å². The van der Waals surface area contributed by atoms with Gasteiger partial charge in [-0.05, 0) is 30.5 Å². The molecule has 0 aliphatic rings. The van der Waals surface area contributed by atoms with Gasteiger partial charge in [-0.25, -0.2) is 13.2 Å². The molecular weight excluding hydrogens is 300 g/mol. The Balaban J connectivity index is 2.93. The molecule has 0 fully saturated rings. The molecule has 0 aliphatic carbocycles. The van der Waals surface area contributed by atoms with Gasteiger partial charge in [-0.2, -0.15) is 0 Å². The summed E-state index contributed by atoms with van der Waals surface area (Å²) in [5.41, 5.74) is 1.01. The molecule has 0 radical (unpaired) electrons. The second-order valence-corrected chi connectivity index (χ2v) is 7.02. The average Bonchev–Trinajstić information content (AvgIpc) is 2.41. The Morgan fingerprint density at radius 2 is 1.95 bits per heavy atom. The average molecular weight is 319 g/mol. The van der Waals surface area contributed by atoms with Gasteiger partial charge in [0.25, 0.3) is 9.05 Å². The molecule has 0 aromatic heterocycles. The Hall–Kier alpha value is -1.07. The van der Waals surface area contributed by atoms with Crippen LogP contribution in [0.1, 0.15) is 49.0 Å². The van der Waals surface area contributed by atoms with E-state index in [1.807, 2.05) is 6.92 Å². The smallest absolute Gasteiger partial charge is 0.338 e. The number of carbonyl (C=O) groups excluding carboxylic acids is 1.